The summed E-state index contributed by atoms with van der Waals surface area (Å²) in [5.41, 5.74) is 0. The molecule has 0 radical (unpaired) electrons. The third kappa shape index (κ3) is 5.28. The minimum atomic E-state index is -0.541. The van der Waals surface area contributed by atoms with Crippen molar-refractivity contribution in [3.63, 3.8) is 0 Å². The maximum Gasteiger partial charge on any atom is 0.302 e. The van der Waals surface area contributed by atoms with Crippen molar-refractivity contribution in [3.8, 4) is 0 Å². The Hall–Kier alpha value is -1.14. The molecule has 1 aliphatic rings. The van der Waals surface area contributed by atoms with E-state index in [1.165, 1.54) is 13.8 Å². The summed E-state index contributed by atoms with van der Waals surface area (Å²) in [5.74, 6) is -0.164. The molecule has 5 unspecified atom stereocenters. The molecule has 0 aromatic rings. The molecule has 0 bridgehead atoms. The number of nitrogens with one attached hydrogen (secondary N) is 1. The van der Waals surface area contributed by atoms with Crippen LogP contribution in [0.1, 0.15) is 41.5 Å². The predicted molar refractivity (Wildman–Crippen MR) is 77.4 cm³/mol. The number of esters is 1. The fourth-order valence-electron chi connectivity index (χ4n) is 2.50. The maximum atomic E-state index is 11.4. The van der Waals surface area contributed by atoms with Gasteiger partial charge in [0.25, 0.3) is 0 Å². The van der Waals surface area contributed by atoms with Gasteiger partial charge in [0.2, 0.25) is 5.91 Å². The van der Waals surface area contributed by atoms with Crippen LogP contribution in [0.4, 0.5) is 0 Å². The highest BCUT2D eigenvalue weighted by Crippen LogP contribution is 2.32. The lowest BCUT2D eigenvalue weighted by molar-refractivity contribution is -0.254. The number of carbonyl (C=O) groups excluding carboxylic acids is 2. The summed E-state index contributed by atoms with van der Waals surface area (Å²) in [6, 6.07) is -0.214. The summed E-state index contributed by atoms with van der Waals surface area (Å²) >= 11 is 0. The Balaban J connectivity index is 2.82. The summed E-state index contributed by atoms with van der Waals surface area (Å²) in [6.45, 7) is 11.0. The number of hydrogen-bond donors (Lipinski definition) is 1. The van der Waals surface area contributed by atoms with E-state index in [4.69, 9.17) is 14.2 Å². The minimum Gasteiger partial charge on any atom is -0.463 e. The van der Waals surface area contributed by atoms with Crippen molar-refractivity contribution in [3.05, 3.63) is 0 Å². The van der Waals surface area contributed by atoms with Crippen LogP contribution in [0.5, 0.6) is 0 Å². The molecule has 6 heteroatoms. The molecule has 0 aromatic carbocycles. The second-order valence-corrected chi connectivity index (χ2v) is 5.97. The van der Waals surface area contributed by atoms with Gasteiger partial charge in [0.05, 0.1) is 18.2 Å². The molecule has 0 saturated carbocycles. The molecule has 1 rings (SSSR count). The zero-order valence-electron chi connectivity index (χ0n) is 13.7. The van der Waals surface area contributed by atoms with Gasteiger partial charge < -0.3 is 19.5 Å². The van der Waals surface area contributed by atoms with Gasteiger partial charge in [-0.2, -0.15) is 0 Å². The zero-order valence-corrected chi connectivity index (χ0v) is 13.7. The van der Waals surface area contributed by atoms with Crippen LogP contribution in [0, 0.1) is 11.8 Å². The SMILES string of the molecule is CC(=O)NC1C(OC(C)C)OC(COC(C)=O)C(C)C1C. The van der Waals surface area contributed by atoms with Gasteiger partial charge in [-0.15, -0.1) is 0 Å². The highest BCUT2D eigenvalue weighted by molar-refractivity contribution is 5.73. The van der Waals surface area contributed by atoms with E-state index in [9.17, 15) is 9.59 Å². The first-order chi connectivity index (χ1) is 9.72. The second-order valence-electron chi connectivity index (χ2n) is 5.97. The average molecular weight is 301 g/mol. The molecular formula is C15H27NO5. The Morgan fingerprint density at radius 3 is 2.29 bits per heavy atom. The quantitative estimate of drug-likeness (QED) is 0.779. The number of rotatable bonds is 5. The lowest BCUT2D eigenvalue weighted by Gasteiger charge is -2.44. The molecule has 1 fully saturated rings. The van der Waals surface area contributed by atoms with E-state index in [0.29, 0.717) is 0 Å². The molecule has 0 aromatic heterocycles. The van der Waals surface area contributed by atoms with E-state index in [1.807, 2.05) is 27.7 Å². The van der Waals surface area contributed by atoms with Crippen LogP contribution in [0.15, 0.2) is 0 Å². The molecule has 0 spiro atoms. The van der Waals surface area contributed by atoms with E-state index < -0.39 is 6.29 Å². The first kappa shape index (κ1) is 17.9. The normalized spacial score (nSPS) is 32.8. The summed E-state index contributed by atoms with van der Waals surface area (Å²) in [4.78, 5) is 22.4. The largest absolute Gasteiger partial charge is 0.463 e. The number of hydrogen-bond acceptors (Lipinski definition) is 5. The average Bonchev–Trinajstić information content (AvgIpc) is 2.35. The third-order valence-electron chi connectivity index (χ3n) is 3.81. The predicted octanol–water partition coefficient (Wildman–Crippen LogP) is 1.48. The van der Waals surface area contributed by atoms with Crippen molar-refractivity contribution in [2.45, 2.75) is 66.1 Å². The second kappa shape index (κ2) is 7.75. The van der Waals surface area contributed by atoms with E-state index in [2.05, 4.69) is 5.32 Å². The Morgan fingerprint density at radius 2 is 1.81 bits per heavy atom. The van der Waals surface area contributed by atoms with E-state index in [0.717, 1.165) is 0 Å². The summed E-state index contributed by atoms with van der Waals surface area (Å²) in [6.07, 6.45) is -0.806. The smallest absolute Gasteiger partial charge is 0.302 e. The molecular weight excluding hydrogens is 274 g/mol. The Morgan fingerprint density at radius 1 is 1.19 bits per heavy atom. The molecule has 122 valence electrons. The van der Waals surface area contributed by atoms with Crippen LogP contribution in [0.2, 0.25) is 0 Å². The fraction of sp³-hybridized carbons (Fsp3) is 0.867. The molecule has 1 aliphatic heterocycles. The maximum absolute atomic E-state index is 11.4. The number of carbonyl (C=O) groups is 2. The molecule has 1 amide bonds. The molecule has 5 atom stereocenters. The first-order valence-electron chi connectivity index (χ1n) is 7.43. The van der Waals surface area contributed by atoms with Gasteiger partial charge in [0.1, 0.15) is 6.61 Å². The number of ether oxygens (including phenoxy) is 3. The van der Waals surface area contributed by atoms with Crippen LogP contribution in [-0.2, 0) is 23.8 Å². The van der Waals surface area contributed by atoms with Crippen molar-refractivity contribution in [1.82, 2.24) is 5.32 Å². The molecule has 21 heavy (non-hydrogen) atoms. The van der Waals surface area contributed by atoms with Crippen molar-refractivity contribution in [2.75, 3.05) is 6.61 Å². The lowest BCUT2D eigenvalue weighted by atomic mass is 9.82. The Labute approximate surface area is 126 Å². The molecule has 1 N–H and O–H groups in total. The van der Waals surface area contributed by atoms with Crippen molar-refractivity contribution in [1.29, 1.82) is 0 Å². The molecule has 0 aliphatic carbocycles. The van der Waals surface area contributed by atoms with Crippen molar-refractivity contribution < 1.29 is 23.8 Å². The summed E-state index contributed by atoms with van der Waals surface area (Å²) in [5, 5.41) is 2.91. The van der Waals surface area contributed by atoms with E-state index in [1.54, 1.807) is 0 Å². The standard InChI is InChI=1S/C15H27NO5/c1-8(2)20-15-14(16-11(5)17)10(4)9(3)13(21-15)7-19-12(6)18/h8-10,13-15H,7H2,1-6H3,(H,16,17). The monoisotopic (exact) mass is 301 g/mol. The first-order valence-corrected chi connectivity index (χ1v) is 7.43. The van der Waals surface area contributed by atoms with Crippen LogP contribution in [-0.4, -0.2) is 43.0 Å². The van der Waals surface area contributed by atoms with Crippen LogP contribution < -0.4 is 5.32 Å². The van der Waals surface area contributed by atoms with Crippen molar-refractivity contribution in [2.24, 2.45) is 11.8 Å². The zero-order chi connectivity index (χ0) is 16.2. The number of amides is 1. The fourth-order valence-corrected chi connectivity index (χ4v) is 2.50. The highest BCUT2D eigenvalue weighted by Gasteiger charge is 2.43. The van der Waals surface area contributed by atoms with Crippen LogP contribution in [0.3, 0.4) is 0 Å². The highest BCUT2D eigenvalue weighted by atomic mass is 16.7. The molecule has 6 nitrogen and oxygen atoms in total. The van der Waals surface area contributed by atoms with Gasteiger partial charge in [0.15, 0.2) is 6.29 Å². The van der Waals surface area contributed by atoms with Gasteiger partial charge >= 0.3 is 5.97 Å². The van der Waals surface area contributed by atoms with Gasteiger partial charge in [-0.25, -0.2) is 0 Å². The lowest BCUT2D eigenvalue weighted by Crippen LogP contribution is -2.58. The van der Waals surface area contributed by atoms with Gasteiger partial charge in [0, 0.05) is 13.8 Å². The van der Waals surface area contributed by atoms with Gasteiger partial charge in [-0.3, -0.25) is 9.59 Å². The van der Waals surface area contributed by atoms with E-state index in [-0.39, 0.29) is 48.6 Å². The van der Waals surface area contributed by atoms with Gasteiger partial charge in [-0.1, -0.05) is 13.8 Å². The Kier molecular flexibility index (Phi) is 6.61. The van der Waals surface area contributed by atoms with Crippen LogP contribution >= 0.6 is 0 Å². The summed E-state index contributed by atoms with van der Waals surface area (Å²) < 4.78 is 16.8. The molecule has 1 heterocycles. The topological polar surface area (TPSA) is 73.9 Å². The van der Waals surface area contributed by atoms with Crippen molar-refractivity contribution >= 4 is 11.9 Å². The Bertz CT molecular complexity index is 369. The van der Waals surface area contributed by atoms with E-state index >= 15 is 0 Å². The summed E-state index contributed by atoms with van der Waals surface area (Å²) in [7, 11) is 0. The van der Waals surface area contributed by atoms with Gasteiger partial charge in [-0.05, 0) is 25.7 Å². The van der Waals surface area contributed by atoms with Crippen LogP contribution in [0.25, 0.3) is 0 Å². The minimum absolute atomic E-state index is 0.0266. The molecule has 1 saturated heterocycles. The third-order valence-corrected chi connectivity index (χ3v) is 3.81.